The number of nitro benzene ring substituents is 1. The summed E-state index contributed by atoms with van der Waals surface area (Å²) >= 11 is 0. The molecule has 0 amide bonds. The molecule has 3 rings (SSSR count). The Morgan fingerprint density at radius 1 is 1.27 bits per heavy atom. The number of hydrogen-bond donors (Lipinski definition) is 2. The zero-order chi connectivity index (χ0) is 24.2. The number of hydrogen-bond acceptors (Lipinski definition) is 8. The van der Waals surface area contributed by atoms with Gasteiger partial charge in [0, 0.05) is 19.2 Å². The van der Waals surface area contributed by atoms with Gasteiger partial charge in [-0.15, -0.1) is 0 Å². The minimum atomic E-state index is -3.91. The fraction of sp³-hybridized carbons (Fsp3) is 0.238. The quantitative estimate of drug-likeness (QED) is 0.208. The van der Waals surface area contributed by atoms with E-state index in [2.05, 4.69) is 9.97 Å². The highest BCUT2D eigenvalue weighted by molar-refractivity contribution is 7.89. The maximum absolute atomic E-state index is 12.7. The Hall–Kier alpha value is -3.95. The summed E-state index contributed by atoms with van der Waals surface area (Å²) in [5.74, 6) is -0.632. The van der Waals surface area contributed by atoms with Crippen molar-refractivity contribution in [1.82, 2.24) is 14.3 Å². The van der Waals surface area contributed by atoms with E-state index in [4.69, 9.17) is 4.74 Å². The van der Waals surface area contributed by atoms with Crippen molar-refractivity contribution >= 4 is 32.3 Å². The molecule has 3 aromatic rings. The lowest BCUT2D eigenvalue weighted by Gasteiger charge is -2.18. The van der Waals surface area contributed by atoms with E-state index in [0.29, 0.717) is 11.0 Å². The summed E-state index contributed by atoms with van der Waals surface area (Å²) < 4.78 is 31.9. The summed E-state index contributed by atoms with van der Waals surface area (Å²) in [6, 6.07) is 12.1. The number of nitrogens with zero attached hydrogens (tertiary/aromatic N) is 4. The molecule has 0 fully saturated rings. The number of fused-ring (bicyclic) bond motifs is 1. The van der Waals surface area contributed by atoms with Crippen LogP contribution in [0.4, 0.5) is 5.69 Å². The largest absolute Gasteiger partial charge is 0.507 e. The molecular weight excluding hydrogens is 450 g/mol. The van der Waals surface area contributed by atoms with Crippen LogP contribution in [0.3, 0.4) is 0 Å². The van der Waals surface area contributed by atoms with E-state index >= 15 is 0 Å². The Morgan fingerprint density at radius 2 is 1.97 bits per heavy atom. The van der Waals surface area contributed by atoms with Crippen LogP contribution in [0.15, 0.2) is 53.1 Å². The van der Waals surface area contributed by atoms with Crippen LogP contribution in [0, 0.1) is 21.4 Å². The number of benzene rings is 2. The average molecular weight is 471 g/mol. The Kier molecular flexibility index (Phi) is 6.95. The van der Waals surface area contributed by atoms with E-state index in [0.717, 1.165) is 12.1 Å². The molecule has 2 aromatic carbocycles. The minimum absolute atomic E-state index is 0.120. The predicted octanol–water partition coefficient (Wildman–Crippen LogP) is 3.37. The first-order chi connectivity index (χ1) is 15.7. The normalized spacial score (nSPS) is 12.4. The van der Waals surface area contributed by atoms with Gasteiger partial charge in [-0.05, 0) is 24.3 Å². The van der Waals surface area contributed by atoms with E-state index in [-0.39, 0.29) is 35.1 Å². The van der Waals surface area contributed by atoms with Gasteiger partial charge in [-0.1, -0.05) is 26.0 Å². The van der Waals surface area contributed by atoms with Crippen molar-refractivity contribution in [3.63, 3.8) is 0 Å². The molecule has 0 radical (unpaired) electrons. The van der Waals surface area contributed by atoms with Crippen LogP contribution < -0.4 is 4.74 Å². The lowest BCUT2D eigenvalue weighted by molar-refractivity contribution is -0.386. The van der Waals surface area contributed by atoms with Gasteiger partial charge in [-0.3, -0.25) is 10.1 Å². The monoisotopic (exact) mass is 471 g/mol. The van der Waals surface area contributed by atoms with Crippen molar-refractivity contribution in [1.29, 1.82) is 5.26 Å². The molecular formula is C21H21N5O6S. The average Bonchev–Trinajstić information content (AvgIpc) is 3.22. The molecule has 172 valence electrons. The molecule has 0 spiro atoms. The van der Waals surface area contributed by atoms with Crippen LogP contribution >= 0.6 is 0 Å². The van der Waals surface area contributed by atoms with Gasteiger partial charge in [0.25, 0.3) is 0 Å². The van der Waals surface area contributed by atoms with Crippen LogP contribution in [-0.4, -0.2) is 52.4 Å². The SMILES string of the molecule is CCN(CC)S(=O)(=O)c1ccc(OCC(O)=C(C#N)c2nc3ccccc3[nH]2)c([N+](=O)[O-])c1. The number of aliphatic hydroxyl groups is 1. The third kappa shape index (κ3) is 4.79. The predicted molar refractivity (Wildman–Crippen MR) is 120 cm³/mol. The molecule has 0 atom stereocenters. The lowest BCUT2D eigenvalue weighted by atomic mass is 10.2. The third-order valence-corrected chi connectivity index (χ3v) is 6.91. The molecule has 0 saturated carbocycles. The zero-order valence-corrected chi connectivity index (χ0v) is 18.7. The number of nitro groups is 1. The molecule has 0 aliphatic carbocycles. The number of para-hydroxylation sites is 2. The summed E-state index contributed by atoms with van der Waals surface area (Å²) in [5, 5.41) is 31.4. The highest BCUT2D eigenvalue weighted by atomic mass is 32.2. The van der Waals surface area contributed by atoms with Gasteiger partial charge >= 0.3 is 5.69 Å². The van der Waals surface area contributed by atoms with Gasteiger partial charge in [0.05, 0.1) is 20.9 Å². The number of ether oxygens (including phenoxy) is 1. The number of aromatic amines is 1. The van der Waals surface area contributed by atoms with Crippen molar-refractivity contribution in [2.45, 2.75) is 18.7 Å². The Balaban J connectivity index is 1.91. The van der Waals surface area contributed by atoms with Crippen molar-refractivity contribution in [3.8, 4) is 11.8 Å². The molecule has 11 nitrogen and oxygen atoms in total. The Morgan fingerprint density at radius 3 is 2.58 bits per heavy atom. The number of imidazole rings is 1. The van der Waals surface area contributed by atoms with Gasteiger partial charge in [-0.2, -0.15) is 9.57 Å². The number of H-pyrrole nitrogens is 1. The fourth-order valence-corrected chi connectivity index (χ4v) is 4.66. The second-order valence-electron chi connectivity index (χ2n) is 6.80. The Labute approximate surface area is 189 Å². The Bertz CT molecular complexity index is 1340. The number of aromatic nitrogens is 2. The molecule has 0 aliphatic heterocycles. The molecule has 1 heterocycles. The van der Waals surface area contributed by atoms with Crippen LogP contribution in [0.5, 0.6) is 5.75 Å². The zero-order valence-electron chi connectivity index (χ0n) is 17.8. The molecule has 33 heavy (non-hydrogen) atoms. The molecule has 12 heteroatoms. The van der Waals surface area contributed by atoms with Crippen LogP contribution in [0.25, 0.3) is 16.6 Å². The summed E-state index contributed by atoms with van der Waals surface area (Å²) in [5.41, 5.74) is 0.483. The summed E-state index contributed by atoms with van der Waals surface area (Å²) in [6.45, 7) is 3.18. The second-order valence-corrected chi connectivity index (χ2v) is 8.74. The van der Waals surface area contributed by atoms with Crippen molar-refractivity contribution < 1.29 is 23.2 Å². The highest BCUT2D eigenvalue weighted by Crippen LogP contribution is 2.31. The van der Waals surface area contributed by atoms with E-state index in [1.54, 1.807) is 38.1 Å². The van der Waals surface area contributed by atoms with Crippen molar-refractivity contribution in [2.75, 3.05) is 19.7 Å². The molecule has 1 aromatic heterocycles. The number of aliphatic hydroxyl groups excluding tert-OH is 1. The summed E-state index contributed by atoms with van der Waals surface area (Å²) in [4.78, 5) is 17.7. The van der Waals surface area contributed by atoms with Crippen LogP contribution in [0.2, 0.25) is 0 Å². The standard InChI is InChI=1S/C21H21N5O6S/c1-3-25(4-2)33(30,31)14-9-10-20(18(11-14)26(28)29)32-13-19(27)15(12-22)21-23-16-7-5-6-8-17(16)24-21/h5-11,27H,3-4,13H2,1-2H3,(H,23,24). The maximum Gasteiger partial charge on any atom is 0.312 e. The van der Waals surface area contributed by atoms with Crippen LogP contribution in [-0.2, 0) is 10.0 Å². The maximum atomic E-state index is 12.7. The summed E-state index contributed by atoms with van der Waals surface area (Å²) in [6.07, 6.45) is 0. The minimum Gasteiger partial charge on any atom is -0.507 e. The van der Waals surface area contributed by atoms with E-state index < -0.39 is 33.0 Å². The lowest BCUT2D eigenvalue weighted by Crippen LogP contribution is -2.30. The summed E-state index contributed by atoms with van der Waals surface area (Å²) in [7, 11) is -3.91. The van der Waals surface area contributed by atoms with E-state index in [1.807, 2.05) is 6.07 Å². The molecule has 0 saturated heterocycles. The first-order valence-electron chi connectivity index (χ1n) is 9.91. The third-order valence-electron chi connectivity index (χ3n) is 4.86. The van der Waals surface area contributed by atoms with Gasteiger partial charge in [0.1, 0.15) is 18.2 Å². The first-order valence-corrected chi connectivity index (χ1v) is 11.4. The molecule has 0 aliphatic rings. The fourth-order valence-electron chi connectivity index (χ4n) is 3.18. The van der Waals surface area contributed by atoms with Gasteiger partial charge in [0.15, 0.2) is 17.3 Å². The van der Waals surface area contributed by atoms with Crippen molar-refractivity contribution in [3.05, 3.63) is 64.2 Å². The number of nitriles is 1. The topological polar surface area (TPSA) is 162 Å². The highest BCUT2D eigenvalue weighted by Gasteiger charge is 2.26. The molecule has 2 N–H and O–H groups in total. The van der Waals surface area contributed by atoms with E-state index in [1.165, 1.54) is 10.4 Å². The number of allylic oxidation sites excluding steroid dienone is 1. The van der Waals surface area contributed by atoms with Crippen molar-refractivity contribution in [2.24, 2.45) is 0 Å². The number of rotatable bonds is 9. The smallest absolute Gasteiger partial charge is 0.312 e. The van der Waals surface area contributed by atoms with E-state index in [9.17, 15) is 28.9 Å². The first kappa shape index (κ1) is 23.7. The number of nitrogens with one attached hydrogen (secondary N) is 1. The van der Waals surface area contributed by atoms with Gasteiger partial charge in [-0.25, -0.2) is 13.4 Å². The van der Waals surface area contributed by atoms with Gasteiger partial charge < -0.3 is 14.8 Å². The molecule has 0 bridgehead atoms. The number of sulfonamides is 1. The second kappa shape index (κ2) is 9.68. The molecule has 0 unspecified atom stereocenters. The van der Waals surface area contributed by atoms with Crippen LogP contribution in [0.1, 0.15) is 19.7 Å². The van der Waals surface area contributed by atoms with Gasteiger partial charge in [0.2, 0.25) is 10.0 Å².